The topological polar surface area (TPSA) is 125 Å². The average molecular weight is 553 g/mol. The van der Waals surface area contributed by atoms with Crippen LogP contribution in [0.5, 0.6) is 0 Å². The van der Waals surface area contributed by atoms with Gasteiger partial charge in [0.25, 0.3) is 11.5 Å². The van der Waals surface area contributed by atoms with Crippen LogP contribution in [-0.2, 0) is 9.47 Å². The van der Waals surface area contributed by atoms with Crippen LogP contribution in [0.2, 0.25) is 0 Å². The molecule has 0 spiro atoms. The number of nitrogens with one attached hydrogen (secondary N) is 2. The van der Waals surface area contributed by atoms with Crippen LogP contribution in [0.25, 0.3) is 22.7 Å². The third-order valence-electron chi connectivity index (χ3n) is 6.64. The second-order valence-electron chi connectivity index (χ2n) is 9.34. The van der Waals surface area contributed by atoms with Crippen LogP contribution in [-0.4, -0.2) is 46.3 Å². The summed E-state index contributed by atoms with van der Waals surface area (Å²) in [5.41, 5.74) is 7.93. The van der Waals surface area contributed by atoms with Crippen LogP contribution in [0.3, 0.4) is 0 Å². The molecule has 3 heterocycles. The molecule has 4 N–H and O–H groups in total. The van der Waals surface area contributed by atoms with Crippen molar-refractivity contribution in [2.45, 2.75) is 33.1 Å². The van der Waals surface area contributed by atoms with Crippen molar-refractivity contribution in [2.75, 3.05) is 30.8 Å². The van der Waals surface area contributed by atoms with Gasteiger partial charge in [0.1, 0.15) is 11.4 Å². The van der Waals surface area contributed by atoms with Gasteiger partial charge in [-0.1, -0.05) is 36.3 Å². The van der Waals surface area contributed by atoms with Crippen LogP contribution < -0.4 is 21.9 Å². The summed E-state index contributed by atoms with van der Waals surface area (Å²) in [7, 11) is 0. The molecule has 1 amide bonds. The summed E-state index contributed by atoms with van der Waals surface area (Å²) in [6, 6.07) is 16.2. The third kappa shape index (κ3) is 5.59. The molecule has 1 aliphatic heterocycles. The summed E-state index contributed by atoms with van der Waals surface area (Å²) in [4.78, 5) is 27.7. The largest absolute Gasteiger partial charge is 0.381 e. The van der Waals surface area contributed by atoms with Crippen LogP contribution >= 0.6 is 0 Å². The van der Waals surface area contributed by atoms with Gasteiger partial charge in [0.15, 0.2) is 5.82 Å². The van der Waals surface area contributed by atoms with Crippen molar-refractivity contribution in [3.8, 4) is 17.5 Å². The molecule has 0 radical (unpaired) electrons. The Morgan fingerprint density at radius 2 is 1.90 bits per heavy atom. The van der Waals surface area contributed by atoms with E-state index in [1.807, 2.05) is 75.4 Å². The standard InChI is InChI=1S/C31H32N6O4/c1-4-40-25(41-5-2)16-15-21-11-9-12-22-19-24(37(31(39)26(21)22)23-13-7-6-8-14-23)20(3)34-30(38)27-28(32)35-36-18-10-17-33-29(27)36/h6-14,18-20,25,33H,4-5,17H2,1-3H3,(H2,32,35)(H,34,38). The molecule has 5 rings (SSSR count). The van der Waals surface area contributed by atoms with Gasteiger partial charge >= 0.3 is 0 Å². The number of nitrogens with two attached hydrogens (primary N) is 1. The fourth-order valence-corrected chi connectivity index (χ4v) is 4.82. The van der Waals surface area contributed by atoms with Gasteiger partial charge in [-0.05, 0) is 62.4 Å². The van der Waals surface area contributed by atoms with Crippen molar-refractivity contribution < 1.29 is 14.3 Å². The number of hydrogen-bond donors (Lipinski definition) is 3. The van der Waals surface area contributed by atoms with E-state index in [4.69, 9.17) is 15.2 Å². The number of amides is 1. The number of carbonyl (C=O) groups excluding carboxylic acids is 1. The highest BCUT2D eigenvalue weighted by Crippen LogP contribution is 2.27. The number of carbonyl (C=O) groups is 1. The molecule has 1 aliphatic rings. The summed E-state index contributed by atoms with van der Waals surface area (Å²) in [6.45, 7) is 7.02. The van der Waals surface area contributed by atoms with Gasteiger partial charge < -0.3 is 25.8 Å². The highest BCUT2D eigenvalue weighted by molar-refractivity contribution is 6.04. The predicted molar refractivity (Wildman–Crippen MR) is 160 cm³/mol. The zero-order valence-corrected chi connectivity index (χ0v) is 23.2. The average Bonchev–Trinajstić information content (AvgIpc) is 3.32. The van der Waals surface area contributed by atoms with E-state index in [0.717, 1.165) is 0 Å². The van der Waals surface area contributed by atoms with Crippen molar-refractivity contribution >= 4 is 34.5 Å². The Hall–Kier alpha value is -4.85. The Morgan fingerprint density at radius 3 is 2.63 bits per heavy atom. The number of nitrogens with zero attached hydrogens (tertiary/aromatic N) is 3. The van der Waals surface area contributed by atoms with Crippen LogP contribution in [0.15, 0.2) is 65.5 Å². The number of fused-ring (bicyclic) bond motifs is 2. The van der Waals surface area contributed by atoms with Crippen LogP contribution in [0, 0.1) is 11.8 Å². The van der Waals surface area contributed by atoms with Crippen molar-refractivity contribution in [3.63, 3.8) is 0 Å². The number of nitrogen functional groups attached to an aromatic ring is 1. The van der Waals surface area contributed by atoms with E-state index in [-0.39, 0.29) is 16.9 Å². The Morgan fingerprint density at radius 1 is 1.15 bits per heavy atom. The molecule has 41 heavy (non-hydrogen) atoms. The van der Waals surface area contributed by atoms with Crippen molar-refractivity contribution in [3.05, 3.63) is 87.8 Å². The Bertz CT molecular complexity index is 1720. The third-order valence-corrected chi connectivity index (χ3v) is 6.64. The van der Waals surface area contributed by atoms with Crippen LogP contribution in [0.1, 0.15) is 48.4 Å². The zero-order chi connectivity index (χ0) is 28.9. The van der Waals surface area contributed by atoms with E-state index in [1.54, 1.807) is 21.5 Å². The summed E-state index contributed by atoms with van der Waals surface area (Å²) in [6.07, 6.45) is 2.94. The molecular formula is C31H32N6O4. The first-order valence-electron chi connectivity index (χ1n) is 13.5. The van der Waals surface area contributed by atoms with E-state index < -0.39 is 18.2 Å². The summed E-state index contributed by atoms with van der Waals surface area (Å²) in [5, 5.41) is 11.6. The van der Waals surface area contributed by atoms with Crippen LogP contribution in [0.4, 0.5) is 11.6 Å². The maximum atomic E-state index is 14.2. The molecule has 0 saturated carbocycles. The molecule has 2 aromatic carbocycles. The Balaban J connectivity index is 1.60. The quantitative estimate of drug-likeness (QED) is 0.224. The molecule has 0 aliphatic carbocycles. The fourth-order valence-electron chi connectivity index (χ4n) is 4.82. The molecule has 10 nitrogen and oxygen atoms in total. The van der Waals surface area contributed by atoms with Gasteiger partial charge in [0.2, 0.25) is 6.29 Å². The number of aromatic nitrogens is 3. The van der Waals surface area contributed by atoms with Gasteiger partial charge in [-0.3, -0.25) is 14.2 Å². The molecule has 0 fully saturated rings. The minimum absolute atomic E-state index is 0.114. The lowest BCUT2D eigenvalue weighted by Gasteiger charge is -2.21. The maximum absolute atomic E-state index is 14.2. The maximum Gasteiger partial charge on any atom is 0.264 e. The molecule has 0 saturated heterocycles. The second-order valence-corrected chi connectivity index (χ2v) is 9.34. The Labute approximate surface area is 237 Å². The minimum atomic E-state index is -0.696. The van der Waals surface area contributed by atoms with E-state index in [0.29, 0.717) is 53.3 Å². The summed E-state index contributed by atoms with van der Waals surface area (Å²) >= 11 is 0. The number of rotatable bonds is 8. The first-order chi connectivity index (χ1) is 19.9. The minimum Gasteiger partial charge on any atom is -0.381 e. The van der Waals surface area contributed by atoms with Gasteiger partial charge in [-0.25, -0.2) is 4.68 Å². The predicted octanol–water partition coefficient (Wildman–Crippen LogP) is 3.91. The zero-order valence-electron chi connectivity index (χ0n) is 23.2. The lowest BCUT2D eigenvalue weighted by atomic mass is 10.0. The number of anilines is 2. The fraction of sp³-hybridized carbons (Fsp3) is 0.258. The second kappa shape index (κ2) is 12.1. The number of hydrogen-bond acceptors (Lipinski definition) is 7. The van der Waals surface area contributed by atoms with Crippen molar-refractivity contribution in [1.82, 2.24) is 19.7 Å². The lowest BCUT2D eigenvalue weighted by molar-refractivity contribution is -0.0969. The molecule has 210 valence electrons. The number of para-hydroxylation sites is 1. The monoisotopic (exact) mass is 552 g/mol. The molecule has 10 heteroatoms. The molecular weight excluding hydrogens is 520 g/mol. The smallest absolute Gasteiger partial charge is 0.264 e. The first kappa shape index (κ1) is 27.7. The van der Waals surface area contributed by atoms with Gasteiger partial charge in [0, 0.05) is 42.9 Å². The molecule has 0 bridgehead atoms. The summed E-state index contributed by atoms with van der Waals surface area (Å²) in [5.74, 6) is 6.33. The van der Waals surface area contributed by atoms with Gasteiger partial charge in [-0.15, -0.1) is 5.10 Å². The summed E-state index contributed by atoms with van der Waals surface area (Å²) < 4.78 is 14.3. The van der Waals surface area contributed by atoms with Crippen molar-refractivity contribution in [1.29, 1.82) is 0 Å². The van der Waals surface area contributed by atoms with Gasteiger partial charge in [0.05, 0.1) is 11.4 Å². The first-order valence-corrected chi connectivity index (χ1v) is 13.5. The van der Waals surface area contributed by atoms with E-state index in [1.165, 1.54) is 0 Å². The number of benzene rings is 2. The number of pyridine rings is 1. The molecule has 1 atom stereocenters. The Kier molecular flexibility index (Phi) is 8.19. The highest BCUT2D eigenvalue weighted by Gasteiger charge is 2.26. The SMILES string of the molecule is CCOC(C#Cc1cccc2cc(C(C)NC(=O)c3c(N)nn4c3NCC=C4)n(-c3ccccc3)c(=O)c12)OCC. The molecule has 2 aromatic heterocycles. The molecule has 4 aromatic rings. The molecule has 1 unspecified atom stereocenters. The number of ether oxygens (including phenoxy) is 2. The van der Waals surface area contributed by atoms with E-state index in [9.17, 15) is 9.59 Å². The highest BCUT2D eigenvalue weighted by atomic mass is 16.7. The normalized spacial score (nSPS) is 12.9. The lowest BCUT2D eigenvalue weighted by Crippen LogP contribution is -2.33. The van der Waals surface area contributed by atoms with Gasteiger partial charge in [-0.2, -0.15) is 0 Å². The van der Waals surface area contributed by atoms with E-state index in [2.05, 4.69) is 27.6 Å². The van der Waals surface area contributed by atoms with E-state index >= 15 is 0 Å². The van der Waals surface area contributed by atoms with Crippen molar-refractivity contribution in [2.24, 2.45) is 0 Å².